The maximum absolute atomic E-state index is 12.6. The summed E-state index contributed by atoms with van der Waals surface area (Å²) in [5.41, 5.74) is 3.96. The first-order chi connectivity index (χ1) is 15.7. The molecule has 1 unspecified atom stereocenters. The van der Waals surface area contributed by atoms with E-state index in [1.807, 2.05) is 60.7 Å². The van der Waals surface area contributed by atoms with Crippen LogP contribution in [-0.4, -0.2) is 37.6 Å². The lowest BCUT2D eigenvalue weighted by molar-refractivity contribution is -0.121. The molecule has 0 aliphatic carbocycles. The second-order valence-electron chi connectivity index (χ2n) is 8.04. The second-order valence-corrected chi connectivity index (χ2v) is 8.04. The van der Waals surface area contributed by atoms with Crippen LogP contribution in [0.1, 0.15) is 12.0 Å². The average Bonchev–Trinajstić information content (AvgIpc) is 3.19. The number of nitrogens with zero attached hydrogens (tertiary/aromatic N) is 1. The van der Waals surface area contributed by atoms with Gasteiger partial charge in [0.15, 0.2) is 11.5 Å². The largest absolute Gasteiger partial charge is 0.486 e. The van der Waals surface area contributed by atoms with Gasteiger partial charge in [-0.05, 0) is 28.8 Å². The summed E-state index contributed by atoms with van der Waals surface area (Å²) >= 11 is 0. The van der Waals surface area contributed by atoms with Crippen LogP contribution in [-0.2, 0) is 16.0 Å². The van der Waals surface area contributed by atoms with Crippen molar-refractivity contribution in [3.05, 3.63) is 78.4 Å². The zero-order chi connectivity index (χ0) is 21.9. The Bertz CT molecular complexity index is 1130. The van der Waals surface area contributed by atoms with Crippen LogP contribution in [0.2, 0.25) is 0 Å². The highest BCUT2D eigenvalue weighted by atomic mass is 16.6. The maximum Gasteiger partial charge on any atom is 0.229 e. The van der Waals surface area contributed by atoms with Gasteiger partial charge in [0.1, 0.15) is 13.2 Å². The molecular formula is C26H24N2O4. The summed E-state index contributed by atoms with van der Waals surface area (Å²) in [4.78, 5) is 26.8. The summed E-state index contributed by atoms with van der Waals surface area (Å²) < 4.78 is 11.2. The summed E-state index contributed by atoms with van der Waals surface area (Å²) in [5.74, 6) is 1.24. The zero-order valence-corrected chi connectivity index (χ0v) is 17.6. The lowest BCUT2D eigenvalue weighted by Crippen LogP contribution is -2.38. The van der Waals surface area contributed by atoms with Crippen molar-refractivity contribution in [2.24, 2.45) is 0 Å². The molecule has 6 heteroatoms. The Labute approximate surface area is 186 Å². The molecule has 2 aliphatic heterocycles. The number of hydrogen-bond donors (Lipinski definition) is 1. The predicted molar refractivity (Wildman–Crippen MR) is 122 cm³/mol. The van der Waals surface area contributed by atoms with Gasteiger partial charge in [-0.2, -0.15) is 0 Å². The van der Waals surface area contributed by atoms with Crippen molar-refractivity contribution in [3.63, 3.8) is 0 Å². The van der Waals surface area contributed by atoms with Crippen LogP contribution in [0.4, 0.5) is 5.69 Å². The Morgan fingerprint density at radius 3 is 2.41 bits per heavy atom. The van der Waals surface area contributed by atoms with Crippen LogP contribution in [0.15, 0.2) is 72.8 Å². The number of anilines is 1. The van der Waals surface area contributed by atoms with Crippen molar-refractivity contribution in [1.29, 1.82) is 0 Å². The van der Waals surface area contributed by atoms with Crippen molar-refractivity contribution in [3.8, 4) is 22.6 Å². The second kappa shape index (κ2) is 8.75. The fourth-order valence-electron chi connectivity index (χ4n) is 4.16. The molecule has 3 aromatic carbocycles. The minimum atomic E-state index is -0.216. The van der Waals surface area contributed by atoms with E-state index in [1.54, 1.807) is 4.90 Å². The van der Waals surface area contributed by atoms with E-state index in [-0.39, 0.29) is 30.7 Å². The van der Waals surface area contributed by atoms with E-state index in [0.717, 1.165) is 22.4 Å². The molecule has 1 fully saturated rings. The van der Waals surface area contributed by atoms with Gasteiger partial charge in [0.2, 0.25) is 11.8 Å². The van der Waals surface area contributed by atoms with E-state index < -0.39 is 0 Å². The van der Waals surface area contributed by atoms with Crippen LogP contribution in [0.3, 0.4) is 0 Å². The van der Waals surface area contributed by atoms with E-state index in [4.69, 9.17) is 9.47 Å². The number of rotatable bonds is 5. The lowest BCUT2D eigenvalue weighted by atomic mass is 10.0. The molecule has 0 radical (unpaired) electrons. The molecule has 2 heterocycles. The van der Waals surface area contributed by atoms with Crippen LogP contribution in [0.25, 0.3) is 11.1 Å². The standard InChI is InChI=1S/C26H24N2O4/c29-25(14-18-6-8-20(9-7-18)19-4-2-1-3-5-19)27-21-15-26(30)28(17-21)22-10-11-23-24(16-22)32-13-12-31-23/h1-11,16,21H,12-15,17H2,(H,27,29). The number of benzene rings is 3. The number of nitrogens with one attached hydrogen (secondary N) is 1. The van der Waals surface area contributed by atoms with Gasteiger partial charge in [0, 0.05) is 24.7 Å². The molecule has 1 atom stereocenters. The average molecular weight is 428 g/mol. The minimum absolute atomic E-state index is 0.0146. The molecular weight excluding hydrogens is 404 g/mol. The third-order valence-corrected chi connectivity index (χ3v) is 5.75. The Hall–Kier alpha value is -3.80. The van der Waals surface area contributed by atoms with Crippen molar-refractivity contribution in [2.45, 2.75) is 18.9 Å². The maximum atomic E-state index is 12.6. The topological polar surface area (TPSA) is 67.9 Å². The summed E-state index contributed by atoms with van der Waals surface area (Å²) in [6, 6.07) is 23.4. The zero-order valence-electron chi connectivity index (χ0n) is 17.6. The fourth-order valence-corrected chi connectivity index (χ4v) is 4.16. The van der Waals surface area contributed by atoms with E-state index in [0.29, 0.717) is 31.3 Å². The number of carbonyl (C=O) groups excluding carboxylic acids is 2. The van der Waals surface area contributed by atoms with E-state index in [1.165, 1.54) is 0 Å². The first-order valence-corrected chi connectivity index (χ1v) is 10.8. The number of carbonyl (C=O) groups is 2. The third kappa shape index (κ3) is 4.30. The van der Waals surface area contributed by atoms with Crippen molar-refractivity contribution < 1.29 is 19.1 Å². The lowest BCUT2D eigenvalue weighted by Gasteiger charge is -2.22. The highest BCUT2D eigenvalue weighted by Gasteiger charge is 2.32. The molecule has 3 aromatic rings. The van der Waals surface area contributed by atoms with E-state index in [2.05, 4.69) is 17.4 Å². The molecule has 0 spiro atoms. The highest BCUT2D eigenvalue weighted by Crippen LogP contribution is 2.35. The van der Waals surface area contributed by atoms with E-state index in [9.17, 15) is 9.59 Å². The molecule has 5 rings (SSSR count). The highest BCUT2D eigenvalue weighted by molar-refractivity contribution is 5.97. The molecule has 1 saturated heterocycles. The number of amides is 2. The Balaban J connectivity index is 1.19. The van der Waals surface area contributed by atoms with Gasteiger partial charge in [-0.25, -0.2) is 0 Å². The first kappa shape index (κ1) is 20.1. The quantitative estimate of drug-likeness (QED) is 0.675. The summed E-state index contributed by atoms with van der Waals surface area (Å²) in [6.45, 7) is 1.46. The third-order valence-electron chi connectivity index (χ3n) is 5.75. The summed E-state index contributed by atoms with van der Waals surface area (Å²) in [7, 11) is 0. The summed E-state index contributed by atoms with van der Waals surface area (Å²) in [6.07, 6.45) is 0.566. The molecule has 162 valence electrons. The Morgan fingerprint density at radius 2 is 1.62 bits per heavy atom. The van der Waals surface area contributed by atoms with Gasteiger partial charge in [-0.15, -0.1) is 0 Å². The molecule has 0 saturated carbocycles. The molecule has 2 aliphatic rings. The number of fused-ring (bicyclic) bond motifs is 1. The minimum Gasteiger partial charge on any atom is -0.486 e. The van der Waals surface area contributed by atoms with Gasteiger partial charge in [-0.3, -0.25) is 9.59 Å². The molecule has 1 N–H and O–H groups in total. The van der Waals surface area contributed by atoms with E-state index >= 15 is 0 Å². The Morgan fingerprint density at radius 1 is 0.906 bits per heavy atom. The molecule has 6 nitrogen and oxygen atoms in total. The van der Waals surface area contributed by atoms with Crippen molar-refractivity contribution in [2.75, 3.05) is 24.7 Å². The van der Waals surface area contributed by atoms with Crippen LogP contribution >= 0.6 is 0 Å². The van der Waals surface area contributed by atoms with Crippen molar-refractivity contribution >= 4 is 17.5 Å². The summed E-state index contributed by atoms with van der Waals surface area (Å²) in [5, 5.41) is 3.01. The van der Waals surface area contributed by atoms with Gasteiger partial charge < -0.3 is 19.7 Å². The molecule has 0 bridgehead atoms. The van der Waals surface area contributed by atoms with Gasteiger partial charge in [0.25, 0.3) is 0 Å². The SMILES string of the molecule is O=C(Cc1ccc(-c2ccccc2)cc1)NC1CC(=O)N(c2ccc3c(c2)OCCO3)C1. The van der Waals surface area contributed by atoms with Crippen LogP contribution in [0.5, 0.6) is 11.5 Å². The molecule has 2 amide bonds. The fraction of sp³-hybridized carbons (Fsp3) is 0.231. The number of hydrogen-bond acceptors (Lipinski definition) is 4. The number of ether oxygens (including phenoxy) is 2. The van der Waals surface area contributed by atoms with Gasteiger partial charge >= 0.3 is 0 Å². The predicted octanol–water partition coefficient (Wildman–Crippen LogP) is 3.59. The van der Waals surface area contributed by atoms with Crippen LogP contribution < -0.4 is 19.7 Å². The molecule has 32 heavy (non-hydrogen) atoms. The van der Waals surface area contributed by atoms with Crippen molar-refractivity contribution in [1.82, 2.24) is 5.32 Å². The monoisotopic (exact) mass is 428 g/mol. The Kier molecular flexibility index (Phi) is 5.50. The van der Waals surface area contributed by atoms with Crippen LogP contribution in [0, 0.1) is 0 Å². The van der Waals surface area contributed by atoms with Gasteiger partial charge in [0.05, 0.1) is 12.5 Å². The van der Waals surface area contributed by atoms with Gasteiger partial charge in [-0.1, -0.05) is 54.6 Å². The molecule has 0 aromatic heterocycles. The smallest absolute Gasteiger partial charge is 0.229 e. The normalized spacial score (nSPS) is 17.3. The first-order valence-electron chi connectivity index (χ1n) is 10.8.